The number of aliphatic hydroxyl groups is 2. The molecule has 82 valence electrons. The van der Waals surface area contributed by atoms with Crippen molar-refractivity contribution in [3.05, 3.63) is 0 Å². The Kier molecular flexibility index (Phi) is 1.72. The quantitative estimate of drug-likeness (QED) is 0.609. The average Bonchev–Trinajstić information content (AvgIpc) is 1.94. The predicted molar refractivity (Wildman–Crippen MR) is 49.5 cm³/mol. The molecule has 14 heavy (non-hydrogen) atoms. The summed E-state index contributed by atoms with van der Waals surface area (Å²) < 4.78 is 11.1. The van der Waals surface area contributed by atoms with E-state index in [0.29, 0.717) is 12.8 Å². The molecule has 2 N–H and O–H groups in total. The molecular weight excluding hydrogens is 184 g/mol. The van der Waals surface area contributed by atoms with Gasteiger partial charge in [0.05, 0.1) is 0 Å². The highest BCUT2D eigenvalue weighted by Crippen LogP contribution is 2.54. The van der Waals surface area contributed by atoms with Crippen LogP contribution in [0.4, 0.5) is 0 Å². The van der Waals surface area contributed by atoms with Gasteiger partial charge in [0.2, 0.25) is 0 Å². The van der Waals surface area contributed by atoms with Gasteiger partial charge in [-0.2, -0.15) is 0 Å². The lowest BCUT2D eigenvalue weighted by Crippen LogP contribution is -2.76. The van der Waals surface area contributed by atoms with Crippen LogP contribution in [0.25, 0.3) is 0 Å². The standard InChI is InChI=1S/C10H18O4/c1-7-5-6-8(2,10(4,12)13-7)14-9(7,3)11/h11-12H,5-6H2,1-4H3/t7-,8-,9-,10+/m0/s1. The van der Waals surface area contributed by atoms with Crippen LogP contribution in [0.5, 0.6) is 0 Å². The SMILES string of the molecule is C[C@]1(O)O[C@@]2(C)CC[C@]1(C)O[C@@]2(C)O. The second-order valence-corrected chi connectivity index (χ2v) is 5.13. The largest absolute Gasteiger partial charge is 0.363 e. The third kappa shape index (κ3) is 1.03. The molecule has 0 amide bonds. The molecule has 0 aliphatic carbocycles. The fourth-order valence-electron chi connectivity index (χ4n) is 2.33. The Hall–Kier alpha value is -0.160. The lowest BCUT2D eigenvalue weighted by molar-refractivity contribution is -0.497. The molecule has 0 aromatic heterocycles. The zero-order chi connectivity index (χ0) is 10.8. The summed E-state index contributed by atoms with van der Waals surface area (Å²) >= 11 is 0. The van der Waals surface area contributed by atoms with Crippen molar-refractivity contribution < 1.29 is 19.7 Å². The summed E-state index contributed by atoms with van der Waals surface area (Å²) in [4.78, 5) is 0. The number of hydrogen-bond donors (Lipinski definition) is 2. The zero-order valence-corrected chi connectivity index (χ0v) is 9.13. The molecule has 3 aliphatic heterocycles. The van der Waals surface area contributed by atoms with E-state index >= 15 is 0 Å². The van der Waals surface area contributed by atoms with E-state index < -0.39 is 22.8 Å². The third-order valence-corrected chi connectivity index (χ3v) is 3.89. The van der Waals surface area contributed by atoms with Crippen molar-refractivity contribution >= 4 is 0 Å². The molecule has 0 saturated carbocycles. The van der Waals surface area contributed by atoms with E-state index in [0.717, 1.165) is 0 Å². The van der Waals surface area contributed by atoms with Crippen molar-refractivity contribution in [2.75, 3.05) is 0 Å². The molecule has 3 aliphatic rings. The van der Waals surface area contributed by atoms with Crippen LogP contribution in [0, 0.1) is 0 Å². The highest BCUT2D eigenvalue weighted by atomic mass is 16.8. The van der Waals surface area contributed by atoms with Crippen LogP contribution in [-0.2, 0) is 9.47 Å². The Bertz CT molecular complexity index is 245. The Morgan fingerprint density at radius 2 is 1.07 bits per heavy atom. The Morgan fingerprint density at radius 1 is 0.786 bits per heavy atom. The highest BCUT2D eigenvalue weighted by molar-refractivity contribution is 5.08. The molecule has 0 aromatic rings. The summed E-state index contributed by atoms with van der Waals surface area (Å²) in [5, 5.41) is 20.1. The zero-order valence-electron chi connectivity index (χ0n) is 9.13. The van der Waals surface area contributed by atoms with E-state index in [1.54, 1.807) is 27.7 Å². The number of ether oxygens (including phenoxy) is 2. The fraction of sp³-hybridized carbons (Fsp3) is 1.00. The molecule has 4 nitrogen and oxygen atoms in total. The lowest BCUT2D eigenvalue weighted by Gasteiger charge is -2.63. The van der Waals surface area contributed by atoms with Gasteiger partial charge >= 0.3 is 0 Å². The van der Waals surface area contributed by atoms with E-state index in [9.17, 15) is 10.2 Å². The second kappa shape index (κ2) is 2.32. The van der Waals surface area contributed by atoms with Crippen LogP contribution in [0.1, 0.15) is 40.5 Å². The summed E-state index contributed by atoms with van der Waals surface area (Å²) in [6.45, 7) is 6.69. The smallest absolute Gasteiger partial charge is 0.192 e. The van der Waals surface area contributed by atoms with Gasteiger partial charge in [-0.05, 0) is 40.5 Å². The first-order valence-corrected chi connectivity index (χ1v) is 4.97. The topological polar surface area (TPSA) is 58.9 Å². The molecule has 3 fully saturated rings. The summed E-state index contributed by atoms with van der Waals surface area (Å²) in [6, 6.07) is 0. The van der Waals surface area contributed by atoms with E-state index in [2.05, 4.69) is 0 Å². The predicted octanol–water partition coefficient (Wildman–Crippen LogP) is 0.761. The van der Waals surface area contributed by atoms with Crippen LogP contribution in [0.3, 0.4) is 0 Å². The minimum atomic E-state index is -1.33. The van der Waals surface area contributed by atoms with Gasteiger partial charge in [-0.25, -0.2) is 0 Å². The minimum Gasteiger partial charge on any atom is -0.363 e. The first-order chi connectivity index (χ1) is 6.12. The number of fused-ring (bicyclic) bond motifs is 3. The average molecular weight is 202 g/mol. The van der Waals surface area contributed by atoms with Gasteiger partial charge in [-0.3, -0.25) is 0 Å². The maximum absolute atomic E-state index is 10.1. The van der Waals surface area contributed by atoms with Crippen LogP contribution >= 0.6 is 0 Å². The van der Waals surface area contributed by atoms with Crippen LogP contribution in [0.2, 0.25) is 0 Å². The van der Waals surface area contributed by atoms with E-state index in [-0.39, 0.29) is 0 Å². The van der Waals surface area contributed by atoms with Crippen molar-refractivity contribution in [3.63, 3.8) is 0 Å². The van der Waals surface area contributed by atoms with Gasteiger partial charge in [-0.1, -0.05) is 0 Å². The summed E-state index contributed by atoms with van der Waals surface area (Å²) in [5.41, 5.74) is -1.65. The molecule has 2 bridgehead atoms. The molecule has 4 heteroatoms. The van der Waals surface area contributed by atoms with Gasteiger partial charge in [0.25, 0.3) is 0 Å². The van der Waals surface area contributed by atoms with Gasteiger partial charge in [0, 0.05) is 0 Å². The molecule has 3 rings (SSSR count). The Morgan fingerprint density at radius 3 is 1.29 bits per heavy atom. The van der Waals surface area contributed by atoms with Gasteiger partial charge in [0.15, 0.2) is 11.6 Å². The lowest BCUT2D eigenvalue weighted by atomic mass is 9.74. The van der Waals surface area contributed by atoms with Crippen molar-refractivity contribution in [3.8, 4) is 0 Å². The summed E-state index contributed by atoms with van der Waals surface area (Å²) in [5.74, 6) is -2.66. The van der Waals surface area contributed by atoms with Gasteiger partial charge < -0.3 is 19.7 Å². The van der Waals surface area contributed by atoms with Crippen molar-refractivity contribution in [2.45, 2.75) is 63.3 Å². The number of hydrogen-bond acceptors (Lipinski definition) is 4. The molecule has 0 aromatic carbocycles. The van der Waals surface area contributed by atoms with Crippen molar-refractivity contribution in [2.24, 2.45) is 0 Å². The highest BCUT2D eigenvalue weighted by Gasteiger charge is 2.67. The third-order valence-electron chi connectivity index (χ3n) is 3.89. The van der Waals surface area contributed by atoms with Crippen molar-refractivity contribution in [1.29, 1.82) is 0 Å². The Labute approximate surface area is 83.8 Å². The summed E-state index contributed by atoms with van der Waals surface area (Å²) in [6.07, 6.45) is 1.37. The van der Waals surface area contributed by atoms with Gasteiger partial charge in [0.1, 0.15) is 11.2 Å². The van der Waals surface area contributed by atoms with Gasteiger partial charge in [-0.15, -0.1) is 0 Å². The van der Waals surface area contributed by atoms with E-state index in [1.165, 1.54) is 0 Å². The fourth-order valence-corrected chi connectivity index (χ4v) is 2.33. The van der Waals surface area contributed by atoms with Crippen LogP contribution < -0.4 is 0 Å². The summed E-state index contributed by atoms with van der Waals surface area (Å²) in [7, 11) is 0. The molecule has 3 saturated heterocycles. The first-order valence-electron chi connectivity index (χ1n) is 4.97. The van der Waals surface area contributed by atoms with E-state index in [1.807, 2.05) is 0 Å². The molecule has 4 atom stereocenters. The molecule has 0 radical (unpaired) electrons. The number of rotatable bonds is 0. The molecule has 0 unspecified atom stereocenters. The second-order valence-electron chi connectivity index (χ2n) is 5.13. The maximum atomic E-state index is 10.1. The Balaban J connectivity index is 2.43. The maximum Gasteiger partial charge on any atom is 0.192 e. The normalized spacial score (nSPS) is 63.0. The van der Waals surface area contributed by atoms with Crippen LogP contribution in [0.15, 0.2) is 0 Å². The monoisotopic (exact) mass is 202 g/mol. The minimum absolute atomic E-state index is 0.687. The van der Waals surface area contributed by atoms with Crippen LogP contribution in [-0.4, -0.2) is 33.0 Å². The first kappa shape index (κ1) is 10.4. The van der Waals surface area contributed by atoms with Crippen molar-refractivity contribution in [1.82, 2.24) is 0 Å². The molecule has 0 spiro atoms. The van der Waals surface area contributed by atoms with E-state index in [4.69, 9.17) is 9.47 Å². The molecular formula is C10H18O4. The molecule has 3 heterocycles.